The first-order chi connectivity index (χ1) is 8.84. The van der Waals surface area contributed by atoms with Gasteiger partial charge in [-0.2, -0.15) is 0 Å². The maximum atomic E-state index is 11.8. The van der Waals surface area contributed by atoms with Crippen molar-refractivity contribution in [3.63, 3.8) is 0 Å². The van der Waals surface area contributed by atoms with Gasteiger partial charge in [0.05, 0.1) is 0 Å². The highest BCUT2D eigenvalue weighted by molar-refractivity contribution is 6.05. The van der Waals surface area contributed by atoms with Gasteiger partial charge >= 0.3 is 0 Å². The van der Waals surface area contributed by atoms with Gasteiger partial charge in [-0.15, -0.1) is 0 Å². The number of hydrogen-bond acceptors (Lipinski definition) is 1. The molecule has 1 unspecified atom stereocenters. The van der Waals surface area contributed by atoms with Crippen molar-refractivity contribution in [2.75, 3.05) is 0 Å². The van der Waals surface area contributed by atoms with Crippen molar-refractivity contribution in [3.8, 4) is 0 Å². The minimum atomic E-state index is 0.316. The highest BCUT2D eigenvalue weighted by atomic mass is 16.1. The molecule has 3 aliphatic rings. The number of fused-ring (bicyclic) bond motifs is 6. The molecule has 0 aliphatic heterocycles. The van der Waals surface area contributed by atoms with Crippen LogP contribution >= 0.6 is 0 Å². The van der Waals surface area contributed by atoms with Crippen LogP contribution in [-0.4, -0.2) is 5.78 Å². The fraction of sp³-hybridized carbons (Fsp3) is 0.353. The summed E-state index contributed by atoms with van der Waals surface area (Å²) in [5.74, 6) is 1.36. The summed E-state index contributed by atoms with van der Waals surface area (Å²) in [5.41, 5.74) is 5.49. The van der Waals surface area contributed by atoms with Crippen molar-refractivity contribution in [1.29, 1.82) is 0 Å². The second-order valence-corrected chi connectivity index (χ2v) is 5.62. The molecule has 1 aromatic rings. The third-order valence-electron chi connectivity index (χ3n) is 4.65. The van der Waals surface area contributed by atoms with E-state index in [0.717, 1.165) is 6.42 Å². The van der Waals surface area contributed by atoms with E-state index in [9.17, 15) is 4.79 Å². The van der Waals surface area contributed by atoms with Gasteiger partial charge in [0.25, 0.3) is 0 Å². The number of benzene rings is 1. The predicted molar refractivity (Wildman–Crippen MR) is 72.9 cm³/mol. The van der Waals surface area contributed by atoms with Gasteiger partial charge in [-0.05, 0) is 59.4 Å². The van der Waals surface area contributed by atoms with E-state index in [-0.39, 0.29) is 0 Å². The molecule has 0 radical (unpaired) electrons. The number of carbonyl (C=O) groups excluding carboxylic acids is 1. The first kappa shape index (κ1) is 10.3. The topological polar surface area (TPSA) is 17.1 Å². The molecule has 0 N–H and O–H groups in total. The average molecular weight is 236 g/mol. The fourth-order valence-corrected chi connectivity index (χ4v) is 3.92. The van der Waals surface area contributed by atoms with Gasteiger partial charge in [0.2, 0.25) is 0 Å². The van der Waals surface area contributed by atoms with Crippen molar-refractivity contribution in [2.45, 2.75) is 25.7 Å². The summed E-state index contributed by atoms with van der Waals surface area (Å²) >= 11 is 0. The summed E-state index contributed by atoms with van der Waals surface area (Å²) in [4.78, 5) is 11.8. The number of carbonyl (C=O) groups is 1. The zero-order valence-electron chi connectivity index (χ0n) is 10.4. The standard InChI is InChI=1S/C17H16O/c18-11-9-16-14-7-3-1-5-12(14)13-6-2-4-8-15(13)17(16)10-11/h1,3,5-7,9,15,17H,2,4,8,10H2/t15?,17-/m1/s1. The van der Waals surface area contributed by atoms with Crippen LogP contribution in [0.25, 0.3) is 11.1 Å². The third-order valence-corrected chi connectivity index (χ3v) is 4.65. The van der Waals surface area contributed by atoms with Gasteiger partial charge in [0, 0.05) is 6.42 Å². The molecule has 1 aromatic carbocycles. The maximum absolute atomic E-state index is 11.8. The van der Waals surface area contributed by atoms with Crippen molar-refractivity contribution in [2.24, 2.45) is 11.8 Å². The summed E-state index contributed by atoms with van der Waals surface area (Å²) in [5, 5.41) is 0. The lowest BCUT2D eigenvalue weighted by Crippen LogP contribution is -2.24. The van der Waals surface area contributed by atoms with Crippen molar-refractivity contribution < 1.29 is 4.79 Å². The van der Waals surface area contributed by atoms with Crippen molar-refractivity contribution in [3.05, 3.63) is 47.5 Å². The maximum Gasteiger partial charge on any atom is 0.156 e. The molecule has 0 aromatic heterocycles. The quantitative estimate of drug-likeness (QED) is 0.668. The molecule has 0 heterocycles. The average Bonchev–Trinajstić information content (AvgIpc) is 2.81. The van der Waals surface area contributed by atoms with Crippen molar-refractivity contribution in [1.82, 2.24) is 0 Å². The van der Waals surface area contributed by atoms with Crippen LogP contribution < -0.4 is 0 Å². The molecule has 0 amide bonds. The minimum absolute atomic E-state index is 0.316. The molecular formula is C17H16O. The van der Waals surface area contributed by atoms with Crippen molar-refractivity contribution >= 4 is 16.9 Å². The van der Waals surface area contributed by atoms with E-state index >= 15 is 0 Å². The zero-order chi connectivity index (χ0) is 12.1. The van der Waals surface area contributed by atoms with E-state index in [2.05, 4.69) is 30.3 Å². The zero-order valence-corrected chi connectivity index (χ0v) is 10.4. The normalized spacial score (nSPS) is 29.0. The Kier molecular flexibility index (Phi) is 2.11. The highest BCUT2D eigenvalue weighted by Crippen LogP contribution is 2.52. The van der Waals surface area contributed by atoms with E-state index < -0.39 is 0 Å². The highest BCUT2D eigenvalue weighted by Gasteiger charge is 2.40. The van der Waals surface area contributed by atoms with E-state index in [1.165, 1.54) is 41.5 Å². The Balaban J connectivity index is 1.98. The van der Waals surface area contributed by atoms with Crippen LogP contribution in [0, 0.1) is 11.8 Å². The van der Waals surface area contributed by atoms with Crippen LogP contribution in [0.2, 0.25) is 0 Å². The molecule has 0 spiro atoms. The van der Waals surface area contributed by atoms with Gasteiger partial charge in [0.1, 0.15) is 0 Å². The second-order valence-electron chi connectivity index (χ2n) is 5.62. The molecule has 1 nitrogen and oxygen atoms in total. The molecule has 0 saturated carbocycles. The lowest BCUT2D eigenvalue weighted by atomic mass is 9.67. The molecule has 0 saturated heterocycles. The molecule has 90 valence electrons. The fourth-order valence-electron chi connectivity index (χ4n) is 3.92. The van der Waals surface area contributed by atoms with Crippen LogP contribution in [0.5, 0.6) is 0 Å². The Hall–Kier alpha value is -1.63. The lowest BCUT2D eigenvalue weighted by Gasteiger charge is -2.37. The van der Waals surface area contributed by atoms with Gasteiger partial charge in [-0.25, -0.2) is 0 Å². The molecule has 0 fully saturated rings. The van der Waals surface area contributed by atoms with E-state index in [0.29, 0.717) is 17.6 Å². The van der Waals surface area contributed by atoms with E-state index in [4.69, 9.17) is 0 Å². The Labute approximate surface area is 107 Å². The predicted octanol–water partition coefficient (Wildman–Crippen LogP) is 3.86. The summed E-state index contributed by atoms with van der Waals surface area (Å²) in [7, 11) is 0. The summed E-state index contributed by atoms with van der Waals surface area (Å²) in [6.45, 7) is 0. The first-order valence-electron chi connectivity index (χ1n) is 6.89. The largest absolute Gasteiger partial charge is 0.295 e. The smallest absolute Gasteiger partial charge is 0.156 e. The Morgan fingerprint density at radius 2 is 1.78 bits per heavy atom. The van der Waals surface area contributed by atoms with Crippen LogP contribution in [0.15, 0.2) is 36.4 Å². The molecule has 18 heavy (non-hydrogen) atoms. The monoisotopic (exact) mass is 236 g/mol. The minimum Gasteiger partial charge on any atom is -0.295 e. The second kappa shape index (κ2) is 3.68. The third kappa shape index (κ3) is 1.30. The summed E-state index contributed by atoms with van der Waals surface area (Å²) in [6, 6.07) is 8.60. The Morgan fingerprint density at radius 1 is 1.00 bits per heavy atom. The molecular weight excluding hydrogens is 220 g/mol. The van der Waals surface area contributed by atoms with Gasteiger partial charge in [-0.3, -0.25) is 4.79 Å². The summed E-state index contributed by atoms with van der Waals surface area (Å²) < 4.78 is 0. The lowest BCUT2D eigenvalue weighted by molar-refractivity contribution is -0.114. The molecule has 3 aliphatic carbocycles. The molecule has 2 atom stereocenters. The van der Waals surface area contributed by atoms with Crippen LogP contribution in [-0.2, 0) is 4.79 Å². The molecule has 4 rings (SSSR count). The SMILES string of the molecule is O=C1C=C2c3ccccc3C3=CCCCC3[C@H]2C1. The number of hydrogen-bond donors (Lipinski definition) is 0. The molecule has 1 heteroatoms. The van der Waals surface area contributed by atoms with Gasteiger partial charge < -0.3 is 0 Å². The van der Waals surface area contributed by atoms with E-state index in [1.54, 1.807) is 0 Å². The number of ketones is 1. The summed E-state index contributed by atoms with van der Waals surface area (Å²) in [6.07, 6.45) is 8.75. The number of rotatable bonds is 0. The van der Waals surface area contributed by atoms with Crippen LogP contribution in [0.4, 0.5) is 0 Å². The Bertz CT molecular complexity index is 591. The van der Waals surface area contributed by atoms with Crippen LogP contribution in [0.3, 0.4) is 0 Å². The number of allylic oxidation sites excluding steroid dienone is 4. The Morgan fingerprint density at radius 3 is 2.61 bits per heavy atom. The van der Waals surface area contributed by atoms with Crippen LogP contribution in [0.1, 0.15) is 36.8 Å². The van der Waals surface area contributed by atoms with E-state index in [1.807, 2.05) is 6.08 Å². The molecule has 0 bridgehead atoms. The van der Waals surface area contributed by atoms with Gasteiger partial charge in [0.15, 0.2) is 5.78 Å². The first-order valence-corrected chi connectivity index (χ1v) is 6.89. The van der Waals surface area contributed by atoms with Gasteiger partial charge in [-0.1, -0.05) is 30.3 Å².